The van der Waals surface area contributed by atoms with Gasteiger partial charge in [-0.15, -0.1) is 10.2 Å². The van der Waals surface area contributed by atoms with Crippen LogP contribution in [0.25, 0.3) is 11.0 Å². The average molecular weight is 393 g/mol. The second kappa shape index (κ2) is 6.00. The third-order valence-electron chi connectivity index (χ3n) is 5.54. The van der Waals surface area contributed by atoms with Crippen LogP contribution in [-0.4, -0.2) is 37.5 Å². The molecule has 1 N–H and O–H groups in total. The number of benzene rings is 1. The van der Waals surface area contributed by atoms with Crippen molar-refractivity contribution in [2.75, 3.05) is 6.54 Å². The predicted molar refractivity (Wildman–Crippen MR) is 97.6 cm³/mol. The van der Waals surface area contributed by atoms with Crippen molar-refractivity contribution in [3.63, 3.8) is 0 Å². The molecule has 4 heterocycles. The molecule has 1 aliphatic carbocycles. The highest BCUT2D eigenvalue weighted by molar-refractivity contribution is 5.90. The number of H-pyrrole nitrogens is 1. The van der Waals surface area contributed by atoms with Gasteiger partial charge in [-0.25, -0.2) is 9.37 Å². The number of aromatic nitrogens is 4. The number of carbonyl (C=O) groups excluding carboxylic acids is 1. The zero-order valence-corrected chi connectivity index (χ0v) is 15.3. The molecule has 4 aromatic rings. The summed E-state index contributed by atoms with van der Waals surface area (Å²) in [5.74, 6) is -0.266. The Balaban J connectivity index is 1.46. The van der Waals surface area contributed by atoms with Gasteiger partial charge in [0.05, 0.1) is 17.4 Å². The summed E-state index contributed by atoms with van der Waals surface area (Å²) >= 11 is 0. The zero-order valence-electron chi connectivity index (χ0n) is 15.3. The zero-order chi connectivity index (χ0) is 19.5. The van der Waals surface area contributed by atoms with Gasteiger partial charge in [0.25, 0.3) is 0 Å². The molecule has 2 aliphatic rings. The van der Waals surface area contributed by atoms with Gasteiger partial charge in [0, 0.05) is 24.6 Å². The first-order chi connectivity index (χ1) is 14.2. The minimum Gasteiger partial charge on any atom is -0.455 e. The van der Waals surface area contributed by atoms with E-state index in [-0.39, 0.29) is 17.6 Å². The lowest BCUT2D eigenvalue weighted by molar-refractivity contribution is 0.0626. The number of hydrogen-bond acceptors (Lipinski definition) is 6. The number of amides is 1. The van der Waals surface area contributed by atoms with Crippen LogP contribution in [-0.2, 0) is 6.42 Å². The lowest BCUT2D eigenvalue weighted by Gasteiger charge is -2.32. The first kappa shape index (κ1) is 16.5. The maximum Gasteiger partial charge on any atom is 0.312 e. The number of rotatable bonds is 3. The Hall–Kier alpha value is -3.49. The molecule has 0 spiro atoms. The first-order valence-corrected chi connectivity index (χ1v) is 9.54. The van der Waals surface area contributed by atoms with Gasteiger partial charge in [0.1, 0.15) is 11.6 Å². The molecule has 9 heteroatoms. The van der Waals surface area contributed by atoms with Crippen LogP contribution in [0.1, 0.15) is 58.5 Å². The maximum absolute atomic E-state index is 15.3. The number of para-hydroxylation sites is 1. The number of furan rings is 1. The first-order valence-electron chi connectivity index (χ1n) is 9.54. The average Bonchev–Trinajstić information content (AvgIpc) is 3.16. The van der Waals surface area contributed by atoms with E-state index in [1.165, 1.54) is 4.90 Å². The van der Waals surface area contributed by atoms with Crippen molar-refractivity contribution in [2.24, 2.45) is 0 Å². The van der Waals surface area contributed by atoms with E-state index >= 15 is 4.39 Å². The molecule has 146 valence electrons. The highest BCUT2D eigenvalue weighted by Crippen LogP contribution is 2.41. The fraction of sp³-hybridized carbons (Fsp3) is 0.300. The Morgan fingerprint density at radius 3 is 2.90 bits per heavy atom. The summed E-state index contributed by atoms with van der Waals surface area (Å²) in [6.45, 7) is 0.344. The van der Waals surface area contributed by atoms with E-state index in [1.807, 2.05) is 0 Å². The summed E-state index contributed by atoms with van der Waals surface area (Å²) in [6, 6.07) is 6.05. The van der Waals surface area contributed by atoms with Crippen LogP contribution in [0.15, 0.2) is 39.4 Å². The monoisotopic (exact) mass is 393 g/mol. The molecule has 0 unspecified atom stereocenters. The normalized spacial score (nSPS) is 18.9. The van der Waals surface area contributed by atoms with Crippen molar-refractivity contribution in [3.8, 4) is 0 Å². The number of fused-ring (bicyclic) bond motifs is 2. The van der Waals surface area contributed by atoms with E-state index in [0.717, 1.165) is 18.5 Å². The number of nitrogens with zero attached hydrogens (tertiary/aromatic N) is 4. The lowest BCUT2D eigenvalue weighted by atomic mass is 9.99. The number of carbonyl (C=O) groups is 1. The van der Waals surface area contributed by atoms with Gasteiger partial charge in [-0.2, -0.15) is 0 Å². The SMILES string of the molecule is O=C(c1nnc(C2CC2)o1)N1CCc2[nH]cnc2[C@H]1c1oc2ccccc2c1F. The molecule has 8 nitrogen and oxygen atoms in total. The fourth-order valence-electron chi connectivity index (χ4n) is 3.91. The Morgan fingerprint density at radius 2 is 2.07 bits per heavy atom. The van der Waals surface area contributed by atoms with Crippen LogP contribution in [0.5, 0.6) is 0 Å². The summed E-state index contributed by atoms with van der Waals surface area (Å²) in [7, 11) is 0. The van der Waals surface area contributed by atoms with Crippen molar-refractivity contribution in [2.45, 2.75) is 31.2 Å². The number of halogens is 1. The van der Waals surface area contributed by atoms with Gasteiger partial charge in [0.2, 0.25) is 5.89 Å². The van der Waals surface area contributed by atoms with Gasteiger partial charge in [-0.3, -0.25) is 4.79 Å². The number of nitrogens with one attached hydrogen (secondary N) is 1. The quantitative estimate of drug-likeness (QED) is 0.573. The van der Waals surface area contributed by atoms with Gasteiger partial charge >= 0.3 is 11.8 Å². The van der Waals surface area contributed by atoms with Gasteiger partial charge in [-0.05, 0) is 25.0 Å². The second-order valence-electron chi connectivity index (χ2n) is 7.41. The van der Waals surface area contributed by atoms with E-state index in [0.29, 0.717) is 35.5 Å². The molecule has 1 atom stereocenters. The molecule has 6 rings (SSSR count). The van der Waals surface area contributed by atoms with Crippen molar-refractivity contribution >= 4 is 16.9 Å². The Labute approximate surface area is 163 Å². The lowest BCUT2D eigenvalue weighted by Crippen LogP contribution is -2.41. The number of hydrogen-bond donors (Lipinski definition) is 1. The highest BCUT2D eigenvalue weighted by atomic mass is 19.1. The van der Waals surface area contributed by atoms with Crippen LogP contribution in [0.3, 0.4) is 0 Å². The third kappa shape index (κ3) is 2.50. The van der Waals surface area contributed by atoms with Crippen LogP contribution < -0.4 is 0 Å². The topological polar surface area (TPSA) is 101 Å². The summed E-state index contributed by atoms with van der Waals surface area (Å²) < 4.78 is 26.7. The van der Waals surface area contributed by atoms with E-state index in [1.54, 1.807) is 30.6 Å². The second-order valence-corrected chi connectivity index (χ2v) is 7.41. The molecule has 1 fully saturated rings. The molecule has 1 amide bonds. The summed E-state index contributed by atoms with van der Waals surface area (Å²) in [5.41, 5.74) is 1.83. The summed E-state index contributed by atoms with van der Waals surface area (Å²) in [4.78, 5) is 22.1. The molecule has 0 saturated heterocycles. The van der Waals surface area contributed by atoms with Crippen LogP contribution in [0, 0.1) is 5.82 Å². The molecule has 1 saturated carbocycles. The van der Waals surface area contributed by atoms with Crippen LogP contribution in [0.2, 0.25) is 0 Å². The van der Waals surface area contributed by atoms with Crippen molar-refractivity contribution < 1.29 is 18.0 Å². The van der Waals surface area contributed by atoms with Gasteiger partial charge < -0.3 is 18.7 Å². The number of aromatic amines is 1. The molecule has 0 radical (unpaired) electrons. The standard InChI is InChI=1S/C20H16FN5O3/c21-14-11-3-1-2-4-13(11)28-17(14)16-15-12(22-9-23-15)7-8-26(16)20(27)19-25-24-18(29-19)10-5-6-10/h1-4,9-10,16H,5-8H2,(H,22,23)/t16-/m0/s1. The molecule has 1 aliphatic heterocycles. The van der Waals surface area contributed by atoms with Gasteiger partial charge in [-0.1, -0.05) is 12.1 Å². The molecule has 0 bridgehead atoms. The molecule has 3 aromatic heterocycles. The van der Waals surface area contributed by atoms with E-state index in [9.17, 15) is 4.79 Å². The van der Waals surface area contributed by atoms with Crippen molar-refractivity contribution in [1.29, 1.82) is 0 Å². The third-order valence-corrected chi connectivity index (χ3v) is 5.54. The number of imidazole rings is 1. The Kier molecular flexibility index (Phi) is 3.41. The molecular formula is C20H16FN5O3. The highest BCUT2D eigenvalue weighted by Gasteiger charge is 2.41. The van der Waals surface area contributed by atoms with E-state index in [2.05, 4.69) is 20.2 Å². The van der Waals surface area contributed by atoms with Crippen molar-refractivity contribution in [3.05, 3.63) is 65.3 Å². The van der Waals surface area contributed by atoms with E-state index in [4.69, 9.17) is 8.83 Å². The minimum absolute atomic E-state index is 0.0505. The fourth-order valence-corrected chi connectivity index (χ4v) is 3.91. The summed E-state index contributed by atoms with van der Waals surface area (Å²) in [6.07, 6.45) is 4.08. The predicted octanol–water partition coefficient (Wildman–Crippen LogP) is 3.34. The van der Waals surface area contributed by atoms with Crippen LogP contribution in [0.4, 0.5) is 4.39 Å². The summed E-state index contributed by atoms with van der Waals surface area (Å²) in [5, 5.41) is 8.29. The molecular weight excluding hydrogens is 377 g/mol. The van der Waals surface area contributed by atoms with Gasteiger partial charge in [0.15, 0.2) is 11.6 Å². The van der Waals surface area contributed by atoms with E-state index < -0.39 is 17.8 Å². The van der Waals surface area contributed by atoms with Crippen LogP contribution >= 0.6 is 0 Å². The Morgan fingerprint density at radius 1 is 1.21 bits per heavy atom. The maximum atomic E-state index is 15.3. The minimum atomic E-state index is -0.818. The Bertz CT molecular complexity index is 1240. The molecule has 29 heavy (non-hydrogen) atoms. The molecule has 1 aromatic carbocycles. The smallest absolute Gasteiger partial charge is 0.312 e. The van der Waals surface area contributed by atoms with Crippen molar-refractivity contribution in [1.82, 2.24) is 25.1 Å². The largest absolute Gasteiger partial charge is 0.455 e.